The van der Waals surface area contributed by atoms with Crippen molar-refractivity contribution in [3.05, 3.63) is 11.1 Å². The van der Waals surface area contributed by atoms with Crippen LogP contribution in [0.15, 0.2) is 11.1 Å². The summed E-state index contributed by atoms with van der Waals surface area (Å²) in [5, 5.41) is 3.31. The lowest BCUT2D eigenvalue weighted by atomic mass is 9.92. The molecule has 0 saturated carbocycles. The number of hydrogen-bond acceptors (Lipinski definition) is 1. The quantitative estimate of drug-likeness (QED) is 0.436. The Morgan fingerprint density at radius 2 is 1.57 bits per heavy atom. The summed E-state index contributed by atoms with van der Waals surface area (Å²) >= 11 is 0. The number of nitrogens with one attached hydrogen (secondary N) is 1. The SMILES string of the molecule is C1CC2=C1CNC2. The van der Waals surface area contributed by atoms with Crippen LogP contribution in [0.5, 0.6) is 0 Å². The van der Waals surface area contributed by atoms with Gasteiger partial charge >= 0.3 is 0 Å². The smallest absolute Gasteiger partial charge is 0.0170 e. The molecule has 0 unspecified atom stereocenters. The van der Waals surface area contributed by atoms with E-state index >= 15 is 0 Å². The van der Waals surface area contributed by atoms with Crippen molar-refractivity contribution in [2.24, 2.45) is 0 Å². The molecule has 0 aromatic heterocycles. The van der Waals surface area contributed by atoms with Gasteiger partial charge < -0.3 is 5.32 Å². The Kier molecular flexibility index (Phi) is 0.577. The fourth-order valence-electron chi connectivity index (χ4n) is 1.27. The van der Waals surface area contributed by atoms with Gasteiger partial charge in [0.25, 0.3) is 0 Å². The number of hydrogen-bond donors (Lipinski definition) is 1. The van der Waals surface area contributed by atoms with E-state index in [0.717, 1.165) is 0 Å². The first kappa shape index (κ1) is 3.67. The van der Waals surface area contributed by atoms with Crippen LogP contribution in [0.25, 0.3) is 0 Å². The van der Waals surface area contributed by atoms with E-state index in [2.05, 4.69) is 5.32 Å². The normalized spacial score (nSPS) is 27.4. The third-order valence-electron chi connectivity index (χ3n) is 1.91. The van der Waals surface area contributed by atoms with Crippen LogP contribution in [0.1, 0.15) is 12.8 Å². The maximum Gasteiger partial charge on any atom is 0.0170 e. The second-order valence-electron chi connectivity index (χ2n) is 2.31. The molecule has 1 N–H and O–H groups in total. The fraction of sp³-hybridized carbons (Fsp3) is 0.667. The number of rotatable bonds is 0. The molecule has 1 heterocycles. The van der Waals surface area contributed by atoms with Gasteiger partial charge in [0.1, 0.15) is 0 Å². The molecule has 0 amide bonds. The highest BCUT2D eigenvalue weighted by Crippen LogP contribution is 2.29. The van der Waals surface area contributed by atoms with Gasteiger partial charge in [0, 0.05) is 13.1 Å². The maximum absolute atomic E-state index is 3.31. The van der Waals surface area contributed by atoms with Crippen LogP contribution in [0.2, 0.25) is 0 Å². The van der Waals surface area contributed by atoms with E-state index in [9.17, 15) is 0 Å². The molecule has 1 heteroatoms. The Morgan fingerprint density at radius 1 is 1.00 bits per heavy atom. The Morgan fingerprint density at radius 3 is 1.86 bits per heavy atom. The average molecular weight is 95.1 g/mol. The van der Waals surface area contributed by atoms with Crippen LogP contribution in [0.4, 0.5) is 0 Å². The van der Waals surface area contributed by atoms with E-state index in [4.69, 9.17) is 0 Å². The highest BCUT2D eigenvalue weighted by molar-refractivity contribution is 5.30. The van der Waals surface area contributed by atoms with E-state index in [1.54, 1.807) is 11.1 Å². The second-order valence-corrected chi connectivity index (χ2v) is 2.31. The van der Waals surface area contributed by atoms with Crippen molar-refractivity contribution in [2.75, 3.05) is 13.1 Å². The van der Waals surface area contributed by atoms with E-state index in [1.165, 1.54) is 25.9 Å². The van der Waals surface area contributed by atoms with Crippen LogP contribution in [0, 0.1) is 0 Å². The molecule has 7 heavy (non-hydrogen) atoms. The monoisotopic (exact) mass is 95.1 g/mol. The molecule has 1 nitrogen and oxygen atoms in total. The molecular formula is C6H9N. The second kappa shape index (κ2) is 1.10. The minimum atomic E-state index is 1.19. The first-order valence-electron chi connectivity index (χ1n) is 2.87. The van der Waals surface area contributed by atoms with Crippen LogP contribution in [0.3, 0.4) is 0 Å². The van der Waals surface area contributed by atoms with Crippen molar-refractivity contribution in [2.45, 2.75) is 12.8 Å². The molecule has 1 aliphatic carbocycles. The molecule has 0 bridgehead atoms. The van der Waals surface area contributed by atoms with Crippen molar-refractivity contribution >= 4 is 0 Å². The third-order valence-corrected chi connectivity index (χ3v) is 1.91. The van der Waals surface area contributed by atoms with Crippen molar-refractivity contribution in [1.82, 2.24) is 5.32 Å². The average Bonchev–Trinajstić information content (AvgIpc) is 1.85. The largest absolute Gasteiger partial charge is 0.309 e. The summed E-state index contributed by atoms with van der Waals surface area (Å²) in [6.45, 7) is 2.38. The molecule has 0 spiro atoms. The van der Waals surface area contributed by atoms with Crippen LogP contribution in [-0.2, 0) is 0 Å². The molecule has 1 aliphatic heterocycles. The highest BCUT2D eigenvalue weighted by Gasteiger charge is 2.20. The Bertz CT molecular complexity index is 110. The third kappa shape index (κ3) is 0.361. The Balaban J connectivity index is 2.29. The van der Waals surface area contributed by atoms with Gasteiger partial charge in [-0.25, -0.2) is 0 Å². The predicted octanol–water partition coefficient (Wildman–Crippen LogP) is 0.680. The molecule has 2 rings (SSSR count). The molecule has 0 fully saturated rings. The summed E-state index contributed by atoms with van der Waals surface area (Å²) in [4.78, 5) is 0. The van der Waals surface area contributed by atoms with Gasteiger partial charge in [0.15, 0.2) is 0 Å². The summed E-state index contributed by atoms with van der Waals surface area (Å²) in [6.07, 6.45) is 2.75. The van der Waals surface area contributed by atoms with E-state index in [0.29, 0.717) is 0 Å². The summed E-state index contributed by atoms with van der Waals surface area (Å²) in [7, 11) is 0. The topological polar surface area (TPSA) is 12.0 Å². The van der Waals surface area contributed by atoms with E-state index in [-0.39, 0.29) is 0 Å². The Hall–Kier alpha value is -0.300. The zero-order valence-electron chi connectivity index (χ0n) is 4.33. The highest BCUT2D eigenvalue weighted by atomic mass is 14.9. The fourth-order valence-corrected chi connectivity index (χ4v) is 1.27. The van der Waals surface area contributed by atoms with Gasteiger partial charge in [-0.05, 0) is 12.8 Å². The van der Waals surface area contributed by atoms with Gasteiger partial charge in [-0.3, -0.25) is 0 Å². The summed E-state index contributed by atoms with van der Waals surface area (Å²) in [5.41, 5.74) is 3.39. The lowest BCUT2D eigenvalue weighted by Crippen LogP contribution is -2.06. The molecule has 0 aromatic rings. The van der Waals surface area contributed by atoms with Gasteiger partial charge in [-0.1, -0.05) is 11.1 Å². The van der Waals surface area contributed by atoms with Crippen LogP contribution >= 0.6 is 0 Å². The minimum Gasteiger partial charge on any atom is -0.309 e. The molecule has 0 saturated heterocycles. The lowest BCUT2D eigenvalue weighted by molar-refractivity contribution is 0.822. The zero-order chi connectivity index (χ0) is 4.69. The molecule has 0 atom stereocenters. The maximum atomic E-state index is 3.31. The van der Waals surface area contributed by atoms with Gasteiger partial charge in [0.2, 0.25) is 0 Å². The van der Waals surface area contributed by atoms with Gasteiger partial charge in [-0.15, -0.1) is 0 Å². The van der Waals surface area contributed by atoms with E-state index < -0.39 is 0 Å². The Labute approximate surface area is 43.4 Å². The van der Waals surface area contributed by atoms with Crippen molar-refractivity contribution in [1.29, 1.82) is 0 Å². The first-order valence-corrected chi connectivity index (χ1v) is 2.87. The van der Waals surface area contributed by atoms with Crippen LogP contribution < -0.4 is 5.32 Å². The van der Waals surface area contributed by atoms with Gasteiger partial charge in [-0.2, -0.15) is 0 Å². The summed E-state index contributed by atoms with van der Waals surface area (Å²) < 4.78 is 0. The lowest BCUT2D eigenvalue weighted by Gasteiger charge is -2.13. The predicted molar refractivity (Wildman–Crippen MR) is 29.1 cm³/mol. The van der Waals surface area contributed by atoms with Crippen LogP contribution in [-0.4, -0.2) is 13.1 Å². The first-order chi connectivity index (χ1) is 3.47. The summed E-state index contributed by atoms with van der Waals surface area (Å²) in [5.74, 6) is 0. The molecule has 0 radical (unpaired) electrons. The molecular weight excluding hydrogens is 86.1 g/mol. The molecule has 38 valence electrons. The van der Waals surface area contributed by atoms with E-state index in [1.807, 2.05) is 0 Å². The standard InChI is InChI=1S/C6H9N/c1-2-6-4-7-3-5(1)6/h7H,1-4H2. The molecule has 0 aromatic carbocycles. The van der Waals surface area contributed by atoms with Crippen molar-refractivity contribution in [3.8, 4) is 0 Å². The minimum absolute atomic E-state index is 1.19. The summed E-state index contributed by atoms with van der Waals surface area (Å²) in [6, 6.07) is 0. The van der Waals surface area contributed by atoms with Gasteiger partial charge in [0.05, 0.1) is 0 Å². The van der Waals surface area contributed by atoms with Crippen molar-refractivity contribution < 1.29 is 0 Å². The zero-order valence-corrected chi connectivity index (χ0v) is 4.33. The molecule has 2 aliphatic rings. The van der Waals surface area contributed by atoms with Crippen molar-refractivity contribution in [3.63, 3.8) is 0 Å².